The van der Waals surface area contributed by atoms with Gasteiger partial charge in [-0.15, -0.1) is 0 Å². The second-order valence-electron chi connectivity index (χ2n) is 7.18. The lowest BCUT2D eigenvalue weighted by molar-refractivity contribution is 0.0986. The lowest BCUT2D eigenvalue weighted by Gasteiger charge is -2.18. The van der Waals surface area contributed by atoms with Crippen LogP contribution in [0.1, 0.15) is 47.1 Å². The first kappa shape index (κ1) is 17.3. The topological polar surface area (TPSA) is 72.3 Å². The van der Waals surface area contributed by atoms with Gasteiger partial charge in [0.15, 0.2) is 15.5 Å². The maximum Gasteiger partial charge on any atom is 0.278 e. The minimum Gasteiger partial charge on any atom is -0.310 e. The van der Waals surface area contributed by atoms with Crippen LogP contribution in [-0.4, -0.2) is 42.7 Å². The Morgan fingerprint density at radius 2 is 1.92 bits per heavy atom. The van der Waals surface area contributed by atoms with Crippen LogP contribution in [0.15, 0.2) is 30.3 Å². The monoisotopic (exact) mass is 373 g/mol. The van der Waals surface area contributed by atoms with Crippen molar-refractivity contribution in [2.75, 3.05) is 23.5 Å². The van der Waals surface area contributed by atoms with E-state index in [9.17, 15) is 13.2 Å². The lowest BCUT2D eigenvalue weighted by Crippen LogP contribution is -2.28. The van der Waals surface area contributed by atoms with Crippen LogP contribution in [0.4, 0.5) is 5.69 Å². The fraction of sp³-hybridized carbons (Fsp3) is 0.474. The van der Waals surface area contributed by atoms with E-state index in [-0.39, 0.29) is 23.5 Å². The van der Waals surface area contributed by atoms with Gasteiger partial charge in [0, 0.05) is 24.0 Å². The van der Waals surface area contributed by atoms with Gasteiger partial charge < -0.3 is 4.90 Å². The first-order valence-electron chi connectivity index (χ1n) is 9.10. The minimum absolute atomic E-state index is 0.128. The van der Waals surface area contributed by atoms with Gasteiger partial charge in [0.25, 0.3) is 5.91 Å². The zero-order valence-corrected chi connectivity index (χ0v) is 15.7. The molecule has 1 atom stereocenters. The molecule has 0 saturated carbocycles. The molecule has 7 heteroatoms. The van der Waals surface area contributed by atoms with Crippen LogP contribution in [0.5, 0.6) is 0 Å². The Morgan fingerprint density at radius 1 is 1.19 bits per heavy atom. The van der Waals surface area contributed by atoms with Crippen LogP contribution < -0.4 is 4.90 Å². The number of aromatic nitrogens is 2. The molecule has 0 bridgehead atoms. The molecule has 26 heavy (non-hydrogen) atoms. The number of sulfone groups is 1. The van der Waals surface area contributed by atoms with Crippen molar-refractivity contribution in [2.45, 2.75) is 38.1 Å². The summed E-state index contributed by atoms with van der Waals surface area (Å²) in [7, 11) is -1.24. The molecule has 2 aliphatic rings. The second-order valence-corrected chi connectivity index (χ2v) is 9.41. The SMILES string of the molecule is CN(C(=O)c1nn(C2CCS(=O)(=O)C2)c2c1CCCC2)c1ccccc1. The molecule has 1 aromatic carbocycles. The summed E-state index contributed by atoms with van der Waals surface area (Å²) >= 11 is 0. The average molecular weight is 373 g/mol. The van der Waals surface area contributed by atoms with Crippen molar-refractivity contribution in [1.29, 1.82) is 0 Å². The van der Waals surface area contributed by atoms with Crippen LogP contribution >= 0.6 is 0 Å². The van der Waals surface area contributed by atoms with Crippen molar-refractivity contribution in [3.05, 3.63) is 47.3 Å². The molecule has 1 aromatic heterocycles. The van der Waals surface area contributed by atoms with Crippen LogP contribution in [0.2, 0.25) is 0 Å². The van der Waals surface area contributed by atoms with Gasteiger partial charge >= 0.3 is 0 Å². The standard InChI is InChI=1S/C19H23N3O3S/c1-21(14-7-3-2-4-8-14)19(23)18-16-9-5-6-10-17(16)22(20-18)15-11-12-26(24,25)13-15/h2-4,7-8,15H,5-6,9-13H2,1H3. The third-order valence-electron chi connectivity index (χ3n) is 5.41. The molecular formula is C19H23N3O3S. The third kappa shape index (κ3) is 3.05. The molecule has 1 unspecified atom stereocenters. The Kier molecular flexibility index (Phi) is 4.34. The summed E-state index contributed by atoms with van der Waals surface area (Å²) in [6.45, 7) is 0. The summed E-state index contributed by atoms with van der Waals surface area (Å²) in [6, 6.07) is 9.36. The van der Waals surface area contributed by atoms with Crippen LogP contribution in [0, 0.1) is 0 Å². The van der Waals surface area contributed by atoms with E-state index < -0.39 is 9.84 Å². The number of carbonyl (C=O) groups excluding carboxylic acids is 1. The summed E-state index contributed by atoms with van der Waals surface area (Å²) in [4.78, 5) is 14.7. The van der Waals surface area contributed by atoms with Gasteiger partial charge in [-0.2, -0.15) is 5.10 Å². The van der Waals surface area contributed by atoms with E-state index in [1.807, 2.05) is 35.0 Å². The fourth-order valence-electron chi connectivity index (χ4n) is 4.00. The quantitative estimate of drug-likeness (QED) is 0.828. The van der Waals surface area contributed by atoms with E-state index in [4.69, 9.17) is 0 Å². The predicted molar refractivity (Wildman–Crippen MR) is 100 cm³/mol. The summed E-state index contributed by atoms with van der Waals surface area (Å²) in [5.74, 6) is 0.205. The Morgan fingerprint density at radius 3 is 2.62 bits per heavy atom. The van der Waals surface area contributed by atoms with Gasteiger partial charge in [-0.1, -0.05) is 18.2 Å². The molecule has 1 amide bonds. The molecule has 0 N–H and O–H groups in total. The molecular weight excluding hydrogens is 350 g/mol. The Hall–Kier alpha value is -2.15. The van der Waals surface area contributed by atoms with Gasteiger partial charge in [0.1, 0.15) is 0 Å². The van der Waals surface area contributed by atoms with Crippen molar-refractivity contribution in [2.24, 2.45) is 0 Å². The highest BCUT2D eigenvalue weighted by atomic mass is 32.2. The summed E-state index contributed by atoms with van der Waals surface area (Å²) in [6.07, 6.45) is 4.37. The van der Waals surface area contributed by atoms with Crippen LogP contribution in [-0.2, 0) is 22.7 Å². The van der Waals surface area contributed by atoms with E-state index in [2.05, 4.69) is 5.10 Å². The van der Waals surface area contributed by atoms with Crippen molar-refractivity contribution in [3.63, 3.8) is 0 Å². The number of carbonyl (C=O) groups is 1. The lowest BCUT2D eigenvalue weighted by atomic mass is 9.95. The van der Waals surface area contributed by atoms with Crippen molar-refractivity contribution >= 4 is 21.4 Å². The maximum atomic E-state index is 13.1. The minimum atomic E-state index is -3.00. The molecule has 4 rings (SSSR count). The molecule has 138 valence electrons. The van der Waals surface area contributed by atoms with Gasteiger partial charge in [-0.25, -0.2) is 8.42 Å². The molecule has 2 aromatic rings. The third-order valence-corrected chi connectivity index (χ3v) is 7.16. The maximum absolute atomic E-state index is 13.1. The Bertz CT molecular complexity index is 934. The largest absolute Gasteiger partial charge is 0.310 e. The van der Waals surface area contributed by atoms with E-state index >= 15 is 0 Å². The molecule has 2 heterocycles. The number of hydrogen-bond donors (Lipinski definition) is 0. The van der Waals surface area contributed by atoms with Gasteiger partial charge in [-0.05, 0) is 44.2 Å². The molecule has 0 spiro atoms. The number of nitrogens with zero attached hydrogens (tertiary/aromatic N) is 3. The number of para-hydroxylation sites is 1. The number of hydrogen-bond acceptors (Lipinski definition) is 4. The molecule has 0 radical (unpaired) electrons. The Labute approximate surface area is 153 Å². The van der Waals surface area contributed by atoms with E-state index in [1.54, 1.807) is 11.9 Å². The molecule has 1 aliphatic carbocycles. The van der Waals surface area contributed by atoms with Gasteiger partial charge in [0.05, 0.1) is 17.5 Å². The highest BCUT2D eigenvalue weighted by molar-refractivity contribution is 7.91. The highest BCUT2D eigenvalue weighted by Crippen LogP contribution is 2.32. The second kappa shape index (κ2) is 6.54. The van der Waals surface area contributed by atoms with Crippen molar-refractivity contribution in [3.8, 4) is 0 Å². The smallest absolute Gasteiger partial charge is 0.278 e. The highest BCUT2D eigenvalue weighted by Gasteiger charge is 2.35. The van der Waals surface area contributed by atoms with Crippen molar-refractivity contribution < 1.29 is 13.2 Å². The summed E-state index contributed by atoms with van der Waals surface area (Å²) < 4.78 is 25.7. The van der Waals surface area contributed by atoms with Crippen LogP contribution in [0.3, 0.4) is 0 Å². The molecule has 1 fully saturated rings. The normalized spacial score (nSPS) is 21.3. The number of fused-ring (bicyclic) bond motifs is 1. The van der Waals surface area contributed by atoms with Crippen LogP contribution in [0.25, 0.3) is 0 Å². The first-order chi connectivity index (χ1) is 12.5. The summed E-state index contributed by atoms with van der Waals surface area (Å²) in [5, 5.41) is 4.65. The Balaban J connectivity index is 1.72. The molecule has 1 saturated heterocycles. The number of amides is 1. The predicted octanol–water partition coefficient (Wildman–Crippen LogP) is 2.40. The van der Waals surface area contributed by atoms with E-state index in [0.29, 0.717) is 12.1 Å². The summed E-state index contributed by atoms with van der Waals surface area (Å²) in [5.41, 5.74) is 3.37. The molecule has 6 nitrogen and oxygen atoms in total. The van der Waals surface area contributed by atoms with E-state index in [1.165, 1.54) is 0 Å². The van der Waals surface area contributed by atoms with Gasteiger partial charge in [-0.3, -0.25) is 9.48 Å². The zero-order chi connectivity index (χ0) is 18.3. The fourth-order valence-corrected chi connectivity index (χ4v) is 5.69. The molecule has 1 aliphatic heterocycles. The number of anilines is 1. The zero-order valence-electron chi connectivity index (χ0n) is 14.9. The average Bonchev–Trinajstić information content (AvgIpc) is 3.21. The first-order valence-corrected chi connectivity index (χ1v) is 10.9. The van der Waals surface area contributed by atoms with Crippen molar-refractivity contribution in [1.82, 2.24) is 9.78 Å². The van der Waals surface area contributed by atoms with E-state index in [0.717, 1.165) is 42.6 Å². The van der Waals surface area contributed by atoms with Gasteiger partial charge in [0.2, 0.25) is 0 Å². The number of rotatable bonds is 3. The number of benzene rings is 1.